The summed E-state index contributed by atoms with van der Waals surface area (Å²) < 4.78 is 7.98. The van der Waals surface area contributed by atoms with Crippen molar-refractivity contribution >= 4 is 33.9 Å². The quantitative estimate of drug-likeness (QED) is 0.399. The van der Waals surface area contributed by atoms with Gasteiger partial charge in [0.2, 0.25) is 17.4 Å². The molecule has 0 saturated heterocycles. The fourth-order valence-corrected chi connectivity index (χ4v) is 5.08. The first-order chi connectivity index (χ1) is 18.0. The van der Waals surface area contributed by atoms with Crippen molar-refractivity contribution in [2.45, 2.75) is 58.3 Å². The van der Waals surface area contributed by atoms with Crippen molar-refractivity contribution in [3.63, 3.8) is 0 Å². The molecule has 37 heavy (non-hydrogen) atoms. The Hall–Kier alpha value is -4.14. The van der Waals surface area contributed by atoms with E-state index in [1.165, 1.54) is 4.57 Å². The Morgan fingerprint density at radius 1 is 0.973 bits per heavy atom. The molecule has 2 aromatic heterocycles. The fraction of sp³-hybridized carbons (Fsp3) is 0.357. The van der Waals surface area contributed by atoms with Crippen LogP contribution in [-0.4, -0.2) is 38.4 Å². The van der Waals surface area contributed by atoms with Crippen LogP contribution in [0.1, 0.15) is 38.2 Å². The molecule has 0 spiro atoms. The first-order valence-electron chi connectivity index (χ1n) is 12.7. The van der Waals surface area contributed by atoms with Crippen LogP contribution < -0.4 is 16.6 Å². The Morgan fingerprint density at radius 2 is 1.68 bits per heavy atom. The molecule has 1 aliphatic rings. The maximum absolute atomic E-state index is 13.7. The number of amides is 2. The molecule has 4 aromatic rings. The van der Waals surface area contributed by atoms with Gasteiger partial charge in [-0.1, -0.05) is 55.3 Å². The Bertz CT molecular complexity index is 1560. The minimum Gasteiger partial charge on any atom is -0.449 e. The third kappa shape index (κ3) is 4.94. The normalized spacial score (nSPS) is 13.9. The highest BCUT2D eigenvalue weighted by Crippen LogP contribution is 2.25. The molecule has 192 valence electrons. The van der Waals surface area contributed by atoms with E-state index in [0.29, 0.717) is 24.1 Å². The molecule has 0 radical (unpaired) electrons. The molecule has 1 N–H and O–H groups in total. The zero-order chi connectivity index (χ0) is 25.9. The van der Waals surface area contributed by atoms with E-state index in [1.54, 1.807) is 29.2 Å². The fourth-order valence-electron chi connectivity index (χ4n) is 5.08. The van der Waals surface area contributed by atoms with Gasteiger partial charge in [0, 0.05) is 24.5 Å². The number of rotatable bonds is 8. The zero-order valence-electron chi connectivity index (χ0n) is 20.8. The van der Waals surface area contributed by atoms with Gasteiger partial charge in [0.1, 0.15) is 24.2 Å². The average molecular weight is 503 g/mol. The molecular weight excluding hydrogens is 472 g/mol. The summed E-state index contributed by atoms with van der Waals surface area (Å²) in [5.41, 5.74) is 0.223. The minimum absolute atomic E-state index is 0.0478. The molecule has 2 heterocycles. The molecule has 0 bridgehead atoms. The van der Waals surface area contributed by atoms with E-state index in [1.807, 2.05) is 37.3 Å². The number of para-hydroxylation sites is 1. The smallest absolute Gasteiger partial charge is 0.332 e. The first kappa shape index (κ1) is 24.5. The number of nitrogens with one attached hydrogen (secondary N) is 1. The van der Waals surface area contributed by atoms with Crippen LogP contribution in [0.15, 0.2) is 68.6 Å². The lowest BCUT2D eigenvalue weighted by atomic mass is 10.2. The third-order valence-corrected chi connectivity index (χ3v) is 7.01. The van der Waals surface area contributed by atoms with E-state index in [-0.39, 0.29) is 29.6 Å². The molecule has 1 aliphatic carbocycles. The monoisotopic (exact) mass is 502 g/mol. The maximum Gasteiger partial charge on any atom is 0.332 e. The second-order valence-corrected chi connectivity index (χ2v) is 9.48. The molecule has 0 aliphatic heterocycles. The van der Waals surface area contributed by atoms with Crippen LogP contribution in [-0.2, 0) is 29.2 Å². The van der Waals surface area contributed by atoms with Crippen LogP contribution in [0.2, 0.25) is 0 Å². The van der Waals surface area contributed by atoms with Gasteiger partial charge in [-0.05, 0) is 37.5 Å². The summed E-state index contributed by atoms with van der Waals surface area (Å²) in [6.45, 7) is 1.99. The SMILES string of the molecule is CCN(Cc1ccccc1)C(=O)Cn1c(=O)n(CC(=O)NC2CCCC2)c(=O)c2oc3ccccc3c21. The maximum atomic E-state index is 13.7. The van der Waals surface area contributed by atoms with Crippen LogP contribution in [0.4, 0.5) is 0 Å². The molecule has 0 unspecified atom stereocenters. The Labute approximate surface area is 213 Å². The van der Waals surface area contributed by atoms with Crippen molar-refractivity contribution in [3.05, 3.63) is 81.0 Å². The van der Waals surface area contributed by atoms with E-state index >= 15 is 0 Å². The molecule has 1 saturated carbocycles. The summed E-state index contributed by atoms with van der Waals surface area (Å²) in [4.78, 5) is 54.8. The van der Waals surface area contributed by atoms with Gasteiger partial charge in [-0.2, -0.15) is 0 Å². The minimum atomic E-state index is -0.713. The first-order valence-corrected chi connectivity index (χ1v) is 12.7. The van der Waals surface area contributed by atoms with Crippen molar-refractivity contribution < 1.29 is 14.0 Å². The van der Waals surface area contributed by atoms with E-state index < -0.39 is 23.7 Å². The predicted molar refractivity (Wildman–Crippen MR) is 140 cm³/mol. The second kappa shape index (κ2) is 10.5. The highest BCUT2D eigenvalue weighted by atomic mass is 16.3. The second-order valence-electron chi connectivity index (χ2n) is 9.48. The number of hydrogen-bond donors (Lipinski definition) is 1. The molecule has 9 nitrogen and oxygen atoms in total. The van der Waals surface area contributed by atoms with E-state index in [0.717, 1.165) is 35.8 Å². The molecule has 5 rings (SSSR count). The third-order valence-electron chi connectivity index (χ3n) is 7.01. The summed E-state index contributed by atoms with van der Waals surface area (Å²) in [6.07, 6.45) is 3.86. The van der Waals surface area contributed by atoms with Gasteiger partial charge < -0.3 is 14.6 Å². The lowest BCUT2D eigenvalue weighted by Gasteiger charge is -2.22. The van der Waals surface area contributed by atoms with Crippen molar-refractivity contribution in [3.8, 4) is 0 Å². The van der Waals surface area contributed by atoms with Crippen molar-refractivity contribution in [2.75, 3.05) is 6.54 Å². The summed E-state index contributed by atoms with van der Waals surface area (Å²) in [6, 6.07) is 16.7. The Kier molecular flexibility index (Phi) is 6.94. The van der Waals surface area contributed by atoms with Crippen molar-refractivity contribution in [1.82, 2.24) is 19.4 Å². The van der Waals surface area contributed by atoms with Crippen molar-refractivity contribution in [2.24, 2.45) is 0 Å². The highest BCUT2D eigenvalue weighted by molar-refractivity contribution is 6.02. The van der Waals surface area contributed by atoms with Gasteiger partial charge in [-0.3, -0.25) is 19.0 Å². The van der Waals surface area contributed by atoms with Crippen LogP contribution >= 0.6 is 0 Å². The largest absolute Gasteiger partial charge is 0.449 e. The standard InChI is InChI=1S/C28H30N4O5/c1-2-30(16-19-10-4-3-5-11-19)24(34)18-31-25-21-14-8-9-15-22(21)37-26(25)27(35)32(28(31)36)17-23(33)29-20-12-6-7-13-20/h3-5,8-11,14-15,20H,2,6-7,12-13,16-18H2,1H3,(H,29,33). The molecule has 1 fully saturated rings. The van der Waals surface area contributed by atoms with Gasteiger partial charge in [-0.15, -0.1) is 0 Å². The zero-order valence-corrected chi connectivity index (χ0v) is 20.8. The lowest BCUT2D eigenvalue weighted by Crippen LogP contribution is -2.46. The molecule has 0 atom stereocenters. The van der Waals surface area contributed by atoms with Gasteiger partial charge >= 0.3 is 5.69 Å². The number of hydrogen-bond acceptors (Lipinski definition) is 5. The number of furan rings is 1. The summed E-state index contributed by atoms with van der Waals surface area (Å²) in [5, 5.41) is 3.48. The van der Waals surface area contributed by atoms with Gasteiger partial charge in [0.15, 0.2) is 0 Å². The van der Waals surface area contributed by atoms with Gasteiger partial charge in [0.05, 0.1) is 0 Å². The number of benzene rings is 2. The predicted octanol–water partition coefficient (Wildman–Crippen LogP) is 3.02. The molecular formula is C28H30N4O5. The highest BCUT2D eigenvalue weighted by Gasteiger charge is 2.25. The van der Waals surface area contributed by atoms with Gasteiger partial charge in [0.25, 0.3) is 5.56 Å². The van der Waals surface area contributed by atoms with E-state index in [9.17, 15) is 19.2 Å². The Balaban J connectivity index is 1.55. The Morgan fingerprint density at radius 3 is 2.41 bits per heavy atom. The van der Waals surface area contributed by atoms with Crippen LogP contribution in [0.5, 0.6) is 0 Å². The number of likely N-dealkylation sites (N-methyl/N-ethyl adjacent to an activating group) is 1. The molecule has 2 amide bonds. The van der Waals surface area contributed by atoms with Gasteiger partial charge in [-0.25, -0.2) is 9.36 Å². The van der Waals surface area contributed by atoms with E-state index in [2.05, 4.69) is 5.32 Å². The summed E-state index contributed by atoms with van der Waals surface area (Å²) >= 11 is 0. The van der Waals surface area contributed by atoms with E-state index in [4.69, 9.17) is 4.42 Å². The van der Waals surface area contributed by atoms with Crippen LogP contribution in [0, 0.1) is 0 Å². The topological polar surface area (TPSA) is 107 Å². The molecule has 9 heteroatoms. The van der Waals surface area contributed by atoms with Crippen molar-refractivity contribution in [1.29, 1.82) is 0 Å². The number of carbonyl (C=O) groups is 2. The number of aromatic nitrogens is 2. The average Bonchev–Trinajstić information content (AvgIpc) is 3.56. The lowest BCUT2D eigenvalue weighted by molar-refractivity contribution is -0.132. The molecule has 2 aromatic carbocycles. The number of carbonyl (C=O) groups excluding carboxylic acids is 2. The number of fused-ring (bicyclic) bond motifs is 3. The number of nitrogens with zero attached hydrogens (tertiary/aromatic N) is 3. The summed E-state index contributed by atoms with van der Waals surface area (Å²) in [5.74, 6) is -0.681. The summed E-state index contributed by atoms with van der Waals surface area (Å²) in [7, 11) is 0. The van der Waals surface area contributed by atoms with Crippen LogP contribution in [0.3, 0.4) is 0 Å². The van der Waals surface area contributed by atoms with Crippen LogP contribution in [0.25, 0.3) is 22.1 Å².